The Morgan fingerprint density at radius 3 is 2.68 bits per heavy atom. The minimum Gasteiger partial charge on any atom is -0.493 e. The molecule has 0 radical (unpaired) electrons. The van der Waals surface area contributed by atoms with Crippen molar-refractivity contribution in [1.29, 1.82) is 0 Å². The summed E-state index contributed by atoms with van der Waals surface area (Å²) in [6, 6.07) is 11.1. The molecule has 1 aliphatic heterocycles. The quantitative estimate of drug-likeness (QED) is 0.828. The Morgan fingerprint density at radius 2 is 2.00 bits per heavy atom. The Kier molecular flexibility index (Phi) is 5.36. The number of hydrogen-bond donors (Lipinski definition) is 1. The number of sulfonamides is 1. The smallest absolute Gasteiger partial charge is 0.262 e. The van der Waals surface area contributed by atoms with Crippen molar-refractivity contribution in [3.05, 3.63) is 47.5 Å². The second-order valence-electron chi connectivity index (χ2n) is 5.50. The molecule has 3 rings (SSSR count). The zero-order valence-electron chi connectivity index (χ0n) is 13.6. The molecule has 25 heavy (non-hydrogen) atoms. The van der Waals surface area contributed by atoms with Crippen LogP contribution in [0.1, 0.15) is 6.42 Å². The fourth-order valence-electron chi connectivity index (χ4n) is 2.45. The van der Waals surface area contributed by atoms with E-state index in [1.165, 1.54) is 19.2 Å². The van der Waals surface area contributed by atoms with Crippen LogP contribution >= 0.6 is 11.6 Å². The van der Waals surface area contributed by atoms with Crippen molar-refractivity contribution in [3.63, 3.8) is 0 Å². The zero-order valence-corrected chi connectivity index (χ0v) is 15.1. The largest absolute Gasteiger partial charge is 0.493 e. The van der Waals surface area contributed by atoms with E-state index in [4.69, 9.17) is 25.8 Å². The standard InChI is InChI=1S/C17H18ClNO5S/c1-22-16-7-6-13(10-17(16)24-12-8-9-23-11-12)25(20,21)19-15-5-3-2-4-14(15)18/h2-7,10,12,19H,8-9,11H2,1H3. The van der Waals surface area contributed by atoms with Crippen LogP contribution in [0.2, 0.25) is 5.02 Å². The highest BCUT2D eigenvalue weighted by Crippen LogP contribution is 2.33. The van der Waals surface area contributed by atoms with Crippen LogP contribution in [0.25, 0.3) is 0 Å². The Bertz CT molecular complexity index is 850. The molecular formula is C17H18ClNO5S. The number of halogens is 1. The Hall–Kier alpha value is -1.96. The van der Waals surface area contributed by atoms with Crippen molar-refractivity contribution >= 4 is 27.3 Å². The van der Waals surface area contributed by atoms with E-state index in [9.17, 15) is 8.42 Å². The van der Waals surface area contributed by atoms with Gasteiger partial charge in [0.15, 0.2) is 11.5 Å². The molecule has 134 valence electrons. The van der Waals surface area contributed by atoms with Crippen molar-refractivity contribution in [2.24, 2.45) is 0 Å². The van der Waals surface area contributed by atoms with Crippen LogP contribution in [0.3, 0.4) is 0 Å². The molecule has 0 amide bonds. The monoisotopic (exact) mass is 383 g/mol. The summed E-state index contributed by atoms with van der Waals surface area (Å²) in [7, 11) is -2.31. The van der Waals surface area contributed by atoms with Gasteiger partial charge in [-0.3, -0.25) is 4.72 Å². The molecule has 2 aromatic carbocycles. The average Bonchev–Trinajstić information content (AvgIpc) is 3.10. The predicted molar refractivity (Wildman–Crippen MR) is 95.1 cm³/mol. The van der Waals surface area contributed by atoms with E-state index >= 15 is 0 Å². The maximum Gasteiger partial charge on any atom is 0.262 e. The van der Waals surface area contributed by atoms with Crippen LogP contribution in [-0.4, -0.2) is 34.8 Å². The number of para-hydroxylation sites is 1. The van der Waals surface area contributed by atoms with Gasteiger partial charge in [0.25, 0.3) is 10.0 Å². The molecule has 0 bridgehead atoms. The first kappa shape index (κ1) is 17.8. The molecule has 6 nitrogen and oxygen atoms in total. The lowest BCUT2D eigenvalue weighted by molar-refractivity contribution is 0.138. The van der Waals surface area contributed by atoms with Gasteiger partial charge >= 0.3 is 0 Å². The minimum atomic E-state index is -3.82. The highest BCUT2D eigenvalue weighted by molar-refractivity contribution is 7.92. The van der Waals surface area contributed by atoms with E-state index in [1.54, 1.807) is 30.3 Å². The summed E-state index contributed by atoms with van der Waals surface area (Å²) in [6.45, 7) is 1.09. The first-order valence-corrected chi connectivity index (χ1v) is 9.55. The maximum atomic E-state index is 12.7. The van der Waals surface area contributed by atoms with Crippen LogP contribution in [0, 0.1) is 0 Å². The summed E-state index contributed by atoms with van der Waals surface area (Å²) < 4.78 is 44.2. The van der Waals surface area contributed by atoms with Crippen LogP contribution in [0.4, 0.5) is 5.69 Å². The first-order valence-electron chi connectivity index (χ1n) is 7.69. The molecule has 0 aliphatic carbocycles. The van der Waals surface area contributed by atoms with E-state index in [2.05, 4.69) is 4.72 Å². The molecule has 0 spiro atoms. The molecule has 1 heterocycles. The maximum absolute atomic E-state index is 12.7. The summed E-state index contributed by atoms with van der Waals surface area (Å²) in [5, 5.41) is 0.319. The van der Waals surface area contributed by atoms with Crippen molar-refractivity contribution in [3.8, 4) is 11.5 Å². The topological polar surface area (TPSA) is 73.9 Å². The Morgan fingerprint density at radius 1 is 1.20 bits per heavy atom. The number of methoxy groups -OCH3 is 1. The summed E-state index contributed by atoms with van der Waals surface area (Å²) in [5.41, 5.74) is 0.312. The Labute approximate surface area is 151 Å². The van der Waals surface area contributed by atoms with E-state index in [0.717, 1.165) is 6.42 Å². The summed E-state index contributed by atoms with van der Waals surface area (Å²) in [6.07, 6.45) is 0.626. The lowest BCUT2D eigenvalue weighted by atomic mass is 10.3. The van der Waals surface area contributed by atoms with Crippen molar-refractivity contribution < 1.29 is 22.6 Å². The fourth-order valence-corrected chi connectivity index (χ4v) is 3.78. The first-order chi connectivity index (χ1) is 12.0. The zero-order chi connectivity index (χ0) is 17.9. The van der Waals surface area contributed by atoms with Crippen LogP contribution in [0.15, 0.2) is 47.4 Å². The number of anilines is 1. The number of benzene rings is 2. The van der Waals surface area contributed by atoms with Crippen molar-refractivity contribution in [1.82, 2.24) is 0 Å². The van der Waals surface area contributed by atoms with Crippen molar-refractivity contribution in [2.45, 2.75) is 17.4 Å². The van der Waals surface area contributed by atoms with Gasteiger partial charge in [0.2, 0.25) is 0 Å². The molecule has 1 N–H and O–H groups in total. The van der Waals surface area contributed by atoms with Gasteiger partial charge in [-0.25, -0.2) is 8.42 Å². The average molecular weight is 384 g/mol. The van der Waals surface area contributed by atoms with Crippen LogP contribution < -0.4 is 14.2 Å². The predicted octanol–water partition coefficient (Wildman–Crippen LogP) is 3.32. The van der Waals surface area contributed by atoms with Gasteiger partial charge in [-0.2, -0.15) is 0 Å². The van der Waals surface area contributed by atoms with Crippen LogP contribution in [-0.2, 0) is 14.8 Å². The SMILES string of the molecule is COc1ccc(S(=O)(=O)Nc2ccccc2Cl)cc1OC1CCOC1. The molecule has 8 heteroatoms. The number of ether oxygens (including phenoxy) is 3. The number of rotatable bonds is 6. The molecule has 1 fully saturated rings. The van der Waals surface area contributed by atoms with E-state index in [1.807, 2.05) is 0 Å². The second kappa shape index (κ2) is 7.51. The normalized spacial score (nSPS) is 17.3. The van der Waals surface area contributed by atoms with Gasteiger partial charge in [-0.1, -0.05) is 23.7 Å². The molecule has 1 saturated heterocycles. The molecule has 0 saturated carbocycles. The number of hydrogen-bond acceptors (Lipinski definition) is 5. The van der Waals surface area contributed by atoms with E-state index < -0.39 is 10.0 Å². The summed E-state index contributed by atoms with van der Waals surface area (Å²) >= 11 is 6.02. The van der Waals surface area contributed by atoms with Crippen LogP contribution in [0.5, 0.6) is 11.5 Å². The van der Waals surface area contributed by atoms with E-state index in [-0.39, 0.29) is 11.0 Å². The lowest BCUT2D eigenvalue weighted by Crippen LogP contribution is -2.17. The third-order valence-corrected chi connectivity index (χ3v) is 5.44. The van der Waals surface area contributed by atoms with Gasteiger partial charge in [0, 0.05) is 12.5 Å². The summed E-state index contributed by atoms with van der Waals surface area (Å²) in [5.74, 6) is 0.823. The van der Waals surface area contributed by atoms with Gasteiger partial charge in [-0.15, -0.1) is 0 Å². The molecule has 1 atom stereocenters. The van der Waals surface area contributed by atoms with Gasteiger partial charge in [0.1, 0.15) is 6.10 Å². The second-order valence-corrected chi connectivity index (χ2v) is 7.59. The van der Waals surface area contributed by atoms with Gasteiger partial charge < -0.3 is 14.2 Å². The third kappa shape index (κ3) is 4.18. The van der Waals surface area contributed by atoms with Gasteiger partial charge in [0.05, 0.1) is 35.9 Å². The highest BCUT2D eigenvalue weighted by Gasteiger charge is 2.22. The van der Waals surface area contributed by atoms with E-state index in [0.29, 0.717) is 35.4 Å². The molecule has 1 unspecified atom stereocenters. The Balaban J connectivity index is 1.89. The lowest BCUT2D eigenvalue weighted by Gasteiger charge is -2.16. The summed E-state index contributed by atoms with van der Waals surface area (Å²) in [4.78, 5) is 0.0575. The molecule has 0 aromatic heterocycles. The minimum absolute atomic E-state index is 0.0575. The molecule has 1 aliphatic rings. The fraction of sp³-hybridized carbons (Fsp3) is 0.294. The van der Waals surface area contributed by atoms with Crippen molar-refractivity contribution in [2.75, 3.05) is 25.0 Å². The third-order valence-electron chi connectivity index (χ3n) is 3.75. The molecular weight excluding hydrogens is 366 g/mol. The highest BCUT2D eigenvalue weighted by atomic mass is 35.5. The van der Waals surface area contributed by atoms with Gasteiger partial charge in [-0.05, 0) is 24.3 Å². The number of nitrogens with one attached hydrogen (secondary N) is 1. The molecule has 2 aromatic rings.